The summed E-state index contributed by atoms with van der Waals surface area (Å²) in [5.41, 5.74) is 4.58. The second-order valence-corrected chi connectivity index (χ2v) is 9.50. The first-order chi connectivity index (χ1) is 17.2. The van der Waals surface area contributed by atoms with E-state index in [1.54, 1.807) is 19.9 Å². The zero-order valence-electron chi connectivity index (χ0n) is 21.2. The van der Waals surface area contributed by atoms with Crippen LogP contribution in [0.5, 0.6) is 0 Å². The van der Waals surface area contributed by atoms with Gasteiger partial charge in [-0.05, 0) is 54.7 Å². The summed E-state index contributed by atoms with van der Waals surface area (Å²) in [5, 5.41) is 11.7. The number of fused-ring (bicyclic) bond motifs is 1. The van der Waals surface area contributed by atoms with Gasteiger partial charge in [-0.15, -0.1) is 0 Å². The monoisotopic (exact) mass is 486 g/mol. The maximum Gasteiger partial charge on any atom is 0.262 e. The molecule has 0 saturated heterocycles. The van der Waals surface area contributed by atoms with Crippen LogP contribution in [0.2, 0.25) is 0 Å². The van der Waals surface area contributed by atoms with Gasteiger partial charge in [-0.1, -0.05) is 74.5 Å². The molecule has 2 atom stereocenters. The Hall–Kier alpha value is -4.00. The number of hydrogen-bond donors (Lipinski definition) is 3. The van der Waals surface area contributed by atoms with Crippen LogP contribution in [0.25, 0.3) is 10.8 Å². The minimum Gasteiger partial charge on any atom is -0.342 e. The molecule has 0 radical (unpaired) electrons. The highest BCUT2D eigenvalue weighted by atomic mass is 16.2. The van der Waals surface area contributed by atoms with Gasteiger partial charge in [0, 0.05) is 17.7 Å². The number of benzene rings is 3. The zero-order valence-corrected chi connectivity index (χ0v) is 21.2. The van der Waals surface area contributed by atoms with E-state index in [1.807, 2.05) is 80.6 Å². The molecule has 3 aromatic rings. The molecule has 7 nitrogen and oxygen atoms in total. The topological polar surface area (TPSA) is 99.7 Å². The van der Waals surface area contributed by atoms with Crippen molar-refractivity contribution in [2.75, 3.05) is 0 Å². The third-order valence-electron chi connectivity index (χ3n) is 5.65. The molecule has 0 saturated carbocycles. The van der Waals surface area contributed by atoms with E-state index < -0.39 is 23.9 Å². The van der Waals surface area contributed by atoms with Crippen LogP contribution in [0.3, 0.4) is 0 Å². The Kier molecular flexibility index (Phi) is 9.33. The average molecular weight is 487 g/mol. The maximum atomic E-state index is 13.4. The molecule has 3 rings (SSSR count). The minimum absolute atomic E-state index is 0.145. The van der Waals surface area contributed by atoms with Gasteiger partial charge in [-0.3, -0.25) is 14.4 Å². The third kappa shape index (κ3) is 7.77. The number of amides is 3. The van der Waals surface area contributed by atoms with Crippen molar-refractivity contribution in [2.24, 2.45) is 11.0 Å². The van der Waals surface area contributed by atoms with E-state index in [9.17, 15) is 14.4 Å². The van der Waals surface area contributed by atoms with E-state index in [4.69, 9.17) is 0 Å². The number of nitrogens with zero attached hydrogens (tertiary/aromatic N) is 1. The van der Waals surface area contributed by atoms with Gasteiger partial charge in [0.05, 0.1) is 0 Å². The van der Waals surface area contributed by atoms with E-state index in [0.717, 1.165) is 16.3 Å². The van der Waals surface area contributed by atoms with E-state index in [0.29, 0.717) is 24.1 Å². The van der Waals surface area contributed by atoms with Crippen LogP contribution in [0.4, 0.5) is 0 Å². The SMILES string of the molecule is CC(C)=NNC(=O)C(Cc1ccccc1)NC(=O)C(CC(C)C)NC(=O)c1ccc2ccccc2c1. The average Bonchev–Trinajstić information content (AvgIpc) is 2.86. The number of carbonyl (C=O) groups excluding carboxylic acids is 3. The van der Waals surface area contributed by atoms with Crippen molar-refractivity contribution in [1.82, 2.24) is 16.1 Å². The summed E-state index contributed by atoms with van der Waals surface area (Å²) in [6.45, 7) is 7.50. The first-order valence-electron chi connectivity index (χ1n) is 12.2. The lowest BCUT2D eigenvalue weighted by atomic mass is 10.0. The number of carbonyl (C=O) groups is 3. The Morgan fingerprint density at radius 2 is 1.44 bits per heavy atom. The second kappa shape index (κ2) is 12.6. The van der Waals surface area contributed by atoms with Gasteiger partial charge >= 0.3 is 0 Å². The van der Waals surface area contributed by atoms with Crippen molar-refractivity contribution in [3.63, 3.8) is 0 Å². The first kappa shape index (κ1) is 26.6. The van der Waals surface area contributed by atoms with Crippen molar-refractivity contribution in [2.45, 2.75) is 52.6 Å². The van der Waals surface area contributed by atoms with Gasteiger partial charge in [0.25, 0.3) is 11.8 Å². The zero-order chi connectivity index (χ0) is 26.1. The molecule has 36 heavy (non-hydrogen) atoms. The molecule has 188 valence electrons. The summed E-state index contributed by atoms with van der Waals surface area (Å²) in [6.07, 6.45) is 0.723. The van der Waals surface area contributed by atoms with Crippen LogP contribution in [0.15, 0.2) is 77.9 Å². The van der Waals surface area contributed by atoms with E-state index >= 15 is 0 Å². The van der Waals surface area contributed by atoms with Crippen molar-refractivity contribution >= 4 is 34.2 Å². The van der Waals surface area contributed by atoms with Crippen LogP contribution in [-0.2, 0) is 16.0 Å². The molecular weight excluding hydrogens is 452 g/mol. The summed E-state index contributed by atoms with van der Waals surface area (Å²) in [4.78, 5) is 39.3. The predicted molar refractivity (Wildman–Crippen MR) is 144 cm³/mol. The fourth-order valence-corrected chi connectivity index (χ4v) is 3.85. The molecule has 0 spiro atoms. The molecule has 0 aliphatic carbocycles. The van der Waals surface area contributed by atoms with Gasteiger partial charge in [-0.2, -0.15) is 5.10 Å². The summed E-state index contributed by atoms with van der Waals surface area (Å²) < 4.78 is 0. The molecule has 3 amide bonds. The van der Waals surface area contributed by atoms with Crippen LogP contribution < -0.4 is 16.1 Å². The molecule has 0 bridgehead atoms. The Labute approximate surface area is 212 Å². The Bertz CT molecular complexity index is 1230. The summed E-state index contributed by atoms with van der Waals surface area (Å²) in [7, 11) is 0. The minimum atomic E-state index is -0.852. The number of hydrazone groups is 1. The smallest absolute Gasteiger partial charge is 0.262 e. The van der Waals surface area contributed by atoms with Crippen LogP contribution in [-0.4, -0.2) is 35.5 Å². The third-order valence-corrected chi connectivity index (χ3v) is 5.65. The summed E-state index contributed by atoms with van der Waals surface area (Å²) in [6, 6.07) is 21.0. The maximum absolute atomic E-state index is 13.4. The highest BCUT2D eigenvalue weighted by Gasteiger charge is 2.28. The molecule has 0 heterocycles. The lowest BCUT2D eigenvalue weighted by Crippen LogP contribution is -2.54. The van der Waals surface area contributed by atoms with Crippen molar-refractivity contribution in [1.29, 1.82) is 0 Å². The van der Waals surface area contributed by atoms with E-state index in [1.165, 1.54) is 0 Å². The Morgan fingerprint density at radius 1 is 0.778 bits per heavy atom. The normalized spacial score (nSPS) is 12.5. The van der Waals surface area contributed by atoms with Gasteiger partial charge < -0.3 is 10.6 Å². The van der Waals surface area contributed by atoms with Crippen LogP contribution in [0.1, 0.15) is 50.0 Å². The Morgan fingerprint density at radius 3 is 2.11 bits per heavy atom. The van der Waals surface area contributed by atoms with Gasteiger partial charge in [0.15, 0.2) is 0 Å². The number of rotatable bonds is 10. The lowest BCUT2D eigenvalue weighted by Gasteiger charge is -2.24. The fraction of sp³-hybridized carbons (Fsp3) is 0.310. The molecule has 7 heteroatoms. The number of hydrogen-bond acceptors (Lipinski definition) is 4. The molecule has 3 N–H and O–H groups in total. The van der Waals surface area contributed by atoms with Crippen LogP contribution in [0, 0.1) is 5.92 Å². The molecular formula is C29H34N4O3. The molecule has 0 aliphatic rings. The highest BCUT2D eigenvalue weighted by Crippen LogP contribution is 2.16. The van der Waals surface area contributed by atoms with Crippen LogP contribution >= 0.6 is 0 Å². The largest absolute Gasteiger partial charge is 0.342 e. The van der Waals surface area contributed by atoms with Crippen molar-refractivity contribution in [3.8, 4) is 0 Å². The van der Waals surface area contributed by atoms with E-state index in [2.05, 4.69) is 21.2 Å². The van der Waals surface area contributed by atoms with E-state index in [-0.39, 0.29) is 11.8 Å². The van der Waals surface area contributed by atoms with Gasteiger partial charge in [0.2, 0.25) is 5.91 Å². The molecule has 0 aromatic heterocycles. The van der Waals surface area contributed by atoms with Gasteiger partial charge in [0.1, 0.15) is 12.1 Å². The number of nitrogens with one attached hydrogen (secondary N) is 3. The second-order valence-electron chi connectivity index (χ2n) is 9.50. The fourth-order valence-electron chi connectivity index (χ4n) is 3.85. The molecule has 3 aromatic carbocycles. The van der Waals surface area contributed by atoms with Crippen molar-refractivity contribution in [3.05, 3.63) is 83.9 Å². The quantitative estimate of drug-likeness (QED) is 0.295. The predicted octanol–water partition coefficient (Wildman–Crippen LogP) is 4.22. The molecule has 0 aliphatic heterocycles. The lowest BCUT2D eigenvalue weighted by molar-refractivity contribution is -0.130. The molecule has 0 fully saturated rings. The summed E-state index contributed by atoms with van der Waals surface area (Å²) in [5.74, 6) is -1.02. The van der Waals surface area contributed by atoms with Crippen molar-refractivity contribution < 1.29 is 14.4 Å². The highest BCUT2D eigenvalue weighted by molar-refractivity contribution is 6.01. The first-order valence-corrected chi connectivity index (χ1v) is 12.2. The summed E-state index contributed by atoms with van der Waals surface area (Å²) >= 11 is 0. The Balaban J connectivity index is 1.78. The standard InChI is InChI=1S/C29H34N4O3/c1-19(2)16-25(30-27(34)24-15-14-22-12-8-9-13-23(22)18-24)28(35)31-26(29(36)33-32-20(3)4)17-21-10-6-5-7-11-21/h5-15,18-19,25-26H,16-17H2,1-4H3,(H,30,34)(H,31,35)(H,33,36). The van der Waals surface area contributed by atoms with Gasteiger partial charge in [-0.25, -0.2) is 5.43 Å². The molecule has 2 unspecified atom stereocenters.